The van der Waals surface area contributed by atoms with Crippen molar-refractivity contribution in [3.63, 3.8) is 0 Å². The second-order valence-electron chi connectivity index (χ2n) is 11.3. The molecule has 0 unspecified atom stereocenters. The van der Waals surface area contributed by atoms with Crippen LogP contribution in [-0.2, 0) is 0 Å². The van der Waals surface area contributed by atoms with Gasteiger partial charge in [-0.15, -0.1) is 11.3 Å². The summed E-state index contributed by atoms with van der Waals surface area (Å²) in [5.74, 6) is 0. The van der Waals surface area contributed by atoms with E-state index >= 15 is 0 Å². The Bertz CT molecular complexity index is 2740. The molecule has 0 saturated heterocycles. The van der Waals surface area contributed by atoms with Crippen molar-refractivity contribution in [2.75, 3.05) is 0 Å². The van der Waals surface area contributed by atoms with Crippen LogP contribution in [0.25, 0.3) is 90.8 Å². The molecule has 2 heteroatoms. The van der Waals surface area contributed by atoms with E-state index in [4.69, 9.17) is 0 Å². The zero-order valence-electron chi connectivity index (χ0n) is 22.6. The first-order valence-corrected chi connectivity index (χ1v) is 15.3. The van der Waals surface area contributed by atoms with E-state index in [2.05, 4.69) is 144 Å². The summed E-state index contributed by atoms with van der Waals surface area (Å²) >= 11 is 1.89. The number of hydrogen-bond acceptors (Lipinski definition) is 1. The van der Waals surface area contributed by atoms with Crippen LogP contribution in [0.5, 0.6) is 0 Å². The third-order valence-corrected chi connectivity index (χ3v) is 10.3. The Hall–Kier alpha value is -5.18. The summed E-state index contributed by atoms with van der Waals surface area (Å²) in [4.78, 5) is 0. The fourth-order valence-electron chi connectivity index (χ4n) is 7.39. The number of fused-ring (bicyclic) bond motifs is 15. The number of benzene rings is 8. The molecule has 0 aliphatic heterocycles. The first-order valence-electron chi connectivity index (χ1n) is 14.4. The van der Waals surface area contributed by atoms with Crippen LogP contribution in [0.4, 0.5) is 0 Å². The fourth-order valence-corrected chi connectivity index (χ4v) is 8.49. The Labute approximate surface area is 245 Å². The lowest BCUT2D eigenvalue weighted by Crippen LogP contribution is -1.95. The second-order valence-corrected chi connectivity index (χ2v) is 12.4. The van der Waals surface area contributed by atoms with E-state index in [1.807, 2.05) is 11.3 Å². The van der Waals surface area contributed by atoms with E-state index in [1.54, 1.807) is 0 Å². The highest BCUT2D eigenvalue weighted by Crippen LogP contribution is 2.45. The van der Waals surface area contributed by atoms with Gasteiger partial charge in [0, 0.05) is 42.0 Å². The lowest BCUT2D eigenvalue weighted by molar-refractivity contribution is 1.19. The molecule has 0 fully saturated rings. The van der Waals surface area contributed by atoms with Crippen molar-refractivity contribution in [2.24, 2.45) is 0 Å². The first-order chi connectivity index (χ1) is 20.8. The summed E-state index contributed by atoms with van der Waals surface area (Å²) in [5, 5.41) is 15.7. The van der Waals surface area contributed by atoms with E-state index in [1.165, 1.54) is 90.8 Å². The van der Waals surface area contributed by atoms with Gasteiger partial charge < -0.3 is 4.57 Å². The Morgan fingerprint density at radius 1 is 0.381 bits per heavy atom. The molecule has 10 aromatic rings. The molecule has 0 aliphatic rings. The molecule has 0 saturated carbocycles. The number of thiophene rings is 1. The van der Waals surface area contributed by atoms with Crippen molar-refractivity contribution >= 4 is 96.4 Å². The molecule has 194 valence electrons. The number of nitrogens with zero attached hydrogens (tertiary/aromatic N) is 1. The Balaban J connectivity index is 1.42. The van der Waals surface area contributed by atoms with Crippen molar-refractivity contribution in [2.45, 2.75) is 0 Å². The Morgan fingerprint density at radius 3 is 1.81 bits per heavy atom. The molecule has 0 N–H and O–H groups in total. The normalized spacial score (nSPS) is 12.3. The summed E-state index contributed by atoms with van der Waals surface area (Å²) in [7, 11) is 0. The number of hydrogen-bond donors (Lipinski definition) is 0. The number of rotatable bonds is 1. The van der Waals surface area contributed by atoms with Crippen LogP contribution in [0.3, 0.4) is 0 Å². The van der Waals surface area contributed by atoms with Crippen molar-refractivity contribution in [1.29, 1.82) is 0 Å². The van der Waals surface area contributed by atoms with Crippen LogP contribution in [-0.4, -0.2) is 4.57 Å². The molecular weight excluding hydrogens is 527 g/mol. The molecule has 0 aliphatic carbocycles. The van der Waals surface area contributed by atoms with E-state index in [-0.39, 0.29) is 0 Å². The van der Waals surface area contributed by atoms with Crippen LogP contribution in [0.1, 0.15) is 0 Å². The fraction of sp³-hybridized carbons (Fsp3) is 0. The molecule has 1 nitrogen and oxygen atoms in total. The number of aromatic nitrogens is 1. The van der Waals surface area contributed by atoms with Crippen molar-refractivity contribution in [1.82, 2.24) is 4.57 Å². The van der Waals surface area contributed by atoms with Gasteiger partial charge in [0.25, 0.3) is 0 Å². The van der Waals surface area contributed by atoms with Gasteiger partial charge in [0.1, 0.15) is 0 Å². The average molecular weight is 550 g/mol. The quantitative estimate of drug-likeness (QED) is 0.179. The summed E-state index contributed by atoms with van der Waals surface area (Å²) < 4.78 is 5.18. The lowest BCUT2D eigenvalue weighted by Gasteiger charge is -2.14. The predicted octanol–water partition coefficient (Wildman–Crippen LogP) is 11.8. The largest absolute Gasteiger partial charge is 0.309 e. The molecule has 0 bridgehead atoms. The van der Waals surface area contributed by atoms with E-state index in [0.717, 1.165) is 0 Å². The molecule has 10 rings (SSSR count). The van der Waals surface area contributed by atoms with E-state index < -0.39 is 0 Å². The molecule has 0 spiro atoms. The Kier molecular flexibility index (Phi) is 4.39. The maximum absolute atomic E-state index is 2.51. The van der Waals surface area contributed by atoms with Crippen LogP contribution in [0.2, 0.25) is 0 Å². The van der Waals surface area contributed by atoms with Crippen molar-refractivity contribution in [3.05, 3.63) is 140 Å². The zero-order chi connectivity index (χ0) is 27.4. The zero-order valence-corrected chi connectivity index (χ0v) is 23.5. The maximum Gasteiger partial charge on any atom is 0.0625 e. The smallest absolute Gasteiger partial charge is 0.0625 e. The molecule has 0 amide bonds. The summed E-state index contributed by atoms with van der Waals surface area (Å²) in [6, 6.07) is 51.7. The van der Waals surface area contributed by atoms with Gasteiger partial charge in [0.2, 0.25) is 0 Å². The number of para-hydroxylation sites is 1. The standard InChI is InChI=1S/C40H23NS/c1-3-11-27-24(9-1)17-20-32-37(27)29-13-5-6-14-30(29)40-39(32)31-15-7-8-16-34(31)41(40)26-19-22-35-33(23-26)38-28-12-4-2-10-25(28)18-21-36(38)42-35/h1-23H. The average Bonchev–Trinajstić information content (AvgIpc) is 3.61. The Morgan fingerprint density at radius 2 is 1.00 bits per heavy atom. The van der Waals surface area contributed by atoms with Gasteiger partial charge >= 0.3 is 0 Å². The molecule has 2 aromatic heterocycles. The molecule has 2 heterocycles. The molecule has 0 radical (unpaired) electrons. The van der Waals surface area contributed by atoms with E-state index in [0.29, 0.717) is 0 Å². The topological polar surface area (TPSA) is 4.93 Å². The monoisotopic (exact) mass is 549 g/mol. The highest BCUT2D eigenvalue weighted by Gasteiger charge is 2.20. The van der Waals surface area contributed by atoms with Gasteiger partial charge in [-0.05, 0) is 68.0 Å². The third kappa shape index (κ3) is 2.87. The minimum Gasteiger partial charge on any atom is -0.309 e. The van der Waals surface area contributed by atoms with Crippen LogP contribution in [0, 0.1) is 0 Å². The SMILES string of the molecule is c1ccc2c(c1)ccc1sc3ccc(-n4c5ccccc5c5c6ccc7ccccc7c6c6ccccc6c54)cc3c12. The van der Waals surface area contributed by atoms with Crippen LogP contribution < -0.4 is 0 Å². The minimum absolute atomic E-state index is 1.20. The molecular formula is C40H23NS. The summed E-state index contributed by atoms with van der Waals surface area (Å²) in [6.07, 6.45) is 0. The van der Waals surface area contributed by atoms with Gasteiger partial charge in [-0.3, -0.25) is 0 Å². The predicted molar refractivity (Wildman–Crippen MR) is 184 cm³/mol. The van der Waals surface area contributed by atoms with Gasteiger partial charge in [-0.25, -0.2) is 0 Å². The summed E-state index contributed by atoms with van der Waals surface area (Å²) in [6.45, 7) is 0. The maximum atomic E-state index is 2.51. The second kappa shape index (κ2) is 8.19. The van der Waals surface area contributed by atoms with Gasteiger partial charge in [-0.1, -0.05) is 109 Å². The third-order valence-electron chi connectivity index (χ3n) is 9.13. The highest BCUT2D eigenvalue weighted by molar-refractivity contribution is 7.26. The molecule has 42 heavy (non-hydrogen) atoms. The van der Waals surface area contributed by atoms with Crippen LogP contribution >= 0.6 is 11.3 Å². The van der Waals surface area contributed by atoms with Gasteiger partial charge in [-0.2, -0.15) is 0 Å². The molecule has 8 aromatic carbocycles. The lowest BCUT2D eigenvalue weighted by atomic mass is 9.93. The van der Waals surface area contributed by atoms with Crippen molar-refractivity contribution in [3.8, 4) is 5.69 Å². The highest BCUT2D eigenvalue weighted by atomic mass is 32.1. The van der Waals surface area contributed by atoms with Gasteiger partial charge in [0.05, 0.1) is 11.0 Å². The van der Waals surface area contributed by atoms with E-state index in [9.17, 15) is 0 Å². The first kappa shape index (κ1) is 22.5. The van der Waals surface area contributed by atoms with Crippen LogP contribution in [0.15, 0.2) is 140 Å². The minimum atomic E-state index is 1.20. The van der Waals surface area contributed by atoms with Gasteiger partial charge in [0.15, 0.2) is 0 Å². The molecule has 0 atom stereocenters. The summed E-state index contributed by atoms with van der Waals surface area (Å²) in [5.41, 5.74) is 3.71. The van der Waals surface area contributed by atoms with Crippen molar-refractivity contribution < 1.29 is 0 Å².